The van der Waals surface area contributed by atoms with Gasteiger partial charge in [-0.3, -0.25) is 9.97 Å². The van der Waals surface area contributed by atoms with Gasteiger partial charge in [-0.15, -0.1) is 0 Å². The van der Waals surface area contributed by atoms with Gasteiger partial charge in [0.05, 0.1) is 17.8 Å². The van der Waals surface area contributed by atoms with Gasteiger partial charge in [0, 0.05) is 42.7 Å². The number of rotatable bonds is 7. The van der Waals surface area contributed by atoms with Gasteiger partial charge in [-0.25, -0.2) is 0 Å². The van der Waals surface area contributed by atoms with E-state index in [9.17, 15) is 0 Å². The Balaban J connectivity index is 1.35. The molecule has 7 heteroatoms. The Kier molecular flexibility index (Phi) is 6.38. The van der Waals surface area contributed by atoms with Gasteiger partial charge in [-0.1, -0.05) is 12.1 Å². The third-order valence-electron chi connectivity index (χ3n) is 7.06. The molecule has 1 aliphatic carbocycles. The molecule has 36 heavy (non-hydrogen) atoms. The van der Waals surface area contributed by atoms with Crippen molar-refractivity contribution < 1.29 is 4.74 Å². The highest BCUT2D eigenvalue weighted by molar-refractivity contribution is 7.80. The van der Waals surface area contributed by atoms with Crippen molar-refractivity contribution >= 4 is 23.0 Å². The zero-order valence-corrected chi connectivity index (χ0v) is 20.8. The number of hydrogen-bond acceptors (Lipinski definition) is 4. The second kappa shape index (κ2) is 10.1. The smallest absolute Gasteiger partial charge is 0.174 e. The Morgan fingerprint density at radius 1 is 0.944 bits per heavy atom. The maximum Gasteiger partial charge on any atom is 0.174 e. The molecule has 0 radical (unpaired) electrons. The van der Waals surface area contributed by atoms with Gasteiger partial charge in [-0.05, 0) is 98.1 Å². The van der Waals surface area contributed by atoms with Crippen molar-refractivity contribution in [3.05, 3.63) is 108 Å². The Morgan fingerprint density at radius 2 is 1.81 bits per heavy atom. The molecule has 182 valence electrons. The fourth-order valence-electron chi connectivity index (χ4n) is 5.35. The fourth-order valence-corrected chi connectivity index (χ4v) is 5.69. The van der Waals surface area contributed by atoms with E-state index < -0.39 is 0 Å². The number of nitrogens with zero attached hydrogens (tertiary/aromatic N) is 4. The molecule has 1 aliphatic heterocycles. The van der Waals surface area contributed by atoms with Gasteiger partial charge < -0.3 is 19.5 Å². The maximum atomic E-state index is 6.21. The third kappa shape index (κ3) is 4.58. The van der Waals surface area contributed by atoms with Crippen molar-refractivity contribution in [2.24, 2.45) is 0 Å². The van der Waals surface area contributed by atoms with Crippen LogP contribution in [0.1, 0.15) is 54.7 Å². The summed E-state index contributed by atoms with van der Waals surface area (Å²) >= 11 is 5.91. The number of nitrogens with one attached hydrogen (secondary N) is 1. The molecule has 2 fully saturated rings. The summed E-state index contributed by atoms with van der Waals surface area (Å²) in [6.07, 6.45) is 12.8. The standard InChI is InChI=1S/C29H29N5OS/c36-29-32-27(25-10-3-4-17-31-25)28(26-11-6-18-33(26)20-21-7-5-16-30-19-21)34(29)22-12-14-24(15-13-22)35-23-8-1-2-9-23/h3-7,10-19,23,27-28H,1-2,8-9,20H2,(H,32,36)/t27-,28-/m1/s1. The van der Waals surface area contributed by atoms with E-state index in [4.69, 9.17) is 17.0 Å². The molecule has 4 aromatic rings. The quantitative estimate of drug-likeness (QED) is 0.326. The van der Waals surface area contributed by atoms with E-state index in [2.05, 4.69) is 79.5 Å². The van der Waals surface area contributed by atoms with E-state index in [1.54, 1.807) is 6.20 Å². The van der Waals surface area contributed by atoms with Crippen LogP contribution < -0.4 is 15.0 Å². The van der Waals surface area contributed by atoms with Crippen LogP contribution in [0.15, 0.2) is 91.5 Å². The predicted octanol–water partition coefficient (Wildman–Crippen LogP) is 5.82. The molecule has 3 aromatic heterocycles. The lowest BCUT2D eigenvalue weighted by Gasteiger charge is -2.29. The first kappa shape index (κ1) is 22.7. The molecule has 4 heterocycles. The molecule has 1 saturated carbocycles. The Bertz CT molecular complexity index is 1300. The first-order chi connectivity index (χ1) is 17.8. The first-order valence-electron chi connectivity index (χ1n) is 12.6. The molecule has 6 nitrogen and oxygen atoms in total. The summed E-state index contributed by atoms with van der Waals surface area (Å²) in [6.45, 7) is 0.733. The number of ether oxygens (including phenoxy) is 1. The van der Waals surface area contributed by atoms with Crippen LogP contribution in [0.2, 0.25) is 0 Å². The summed E-state index contributed by atoms with van der Waals surface area (Å²) in [5, 5.41) is 4.25. The fraction of sp³-hybridized carbons (Fsp3) is 0.276. The van der Waals surface area contributed by atoms with Crippen molar-refractivity contribution in [1.29, 1.82) is 0 Å². The summed E-state index contributed by atoms with van der Waals surface area (Å²) < 4.78 is 8.48. The maximum absolute atomic E-state index is 6.21. The molecule has 6 rings (SSSR count). The molecule has 1 aromatic carbocycles. The summed E-state index contributed by atoms with van der Waals surface area (Å²) in [5.74, 6) is 0.918. The zero-order chi connectivity index (χ0) is 24.3. The average Bonchev–Trinajstić information content (AvgIpc) is 3.66. The minimum atomic E-state index is -0.0873. The zero-order valence-electron chi connectivity index (χ0n) is 20.0. The largest absolute Gasteiger partial charge is 0.490 e. The number of thiocarbonyl (C=S) groups is 1. The van der Waals surface area contributed by atoms with Crippen molar-refractivity contribution in [1.82, 2.24) is 19.9 Å². The summed E-state index contributed by atoms with van der Waals surface area (Å²) in [7, 11) is 0. The van der Waals surface area contributed by atoms with E-state index >= 15 is 0 Å². The highest BCUT2D eigenvalue weighted by Gasteiger charge is 2.42. The highest BCUT2D eigenvalue weighted by atomic mass is 32.1. The lowest BCUT2D eigenvalue weighted by atomic mass is 10.0. The van der Waals surface area contributed by atoms with Crippen molar-refractivity contribution in [3.8, 4) is 5.75 Å². The van der Waals surface area contributed by atoms with Crippen LogP contribution in [0.3, 0.4) is 0 Å². The molecule has 0 unspecified atom stereocenters. The van der Waals surface area contributed by atoms with Crippen LogP contribution in [-0.2, 0) is 6.54 Å². The van der Waals surface area contributed by atoms with Gasteiger partial charge in [0.1, 0.15) is 11.8 Å². The molecular formula is C29H29N5OS. The van der Waals surface area contributed by atoms with Crippen LogP contribution in [0.25, 0.3) is 0 Å². The lowest BCUT2D eigenvalue weighted by Crippen LogP contribution is -2.30. The molecule has 1 N–H and O–H groups in total. The highest BCUT2D eigenvalue weighted by Crippen LogP contribution is 2.42. The molecule has 0 bridgehead atoms. The molecule has 0 spiro atoms. The molecule has 2 aliphatic rings. The van der Waals surface area contributed by atoms with Crippen molar-refractivity contribution in [2.75, 3.05) is 4.90 Å². The Hall–Kier alpha value is -3.71. The second-order valence-corrected chi connectivity index (χ2v) is 9.82. The van der Waals surface area contributed by atoms with Crippen LogP contribution in [0, 0.1) is 0 Å². The van der Waals surface area contributed by atoms with Gasteiger partial charge in [-0.2, -0.15) is 0 Å². The van der Waals surface area contributed by atoms with E-state index in [1.807, 2.05) is 30.6 Å². The number of hydrogen-bond donors (Lipinski definition) is 1. The first-order valence-corrected chi connectivity index (χ1v) is 13.0. The predicted molar refractivity (Wildman–Crippen MR) is 145 cm³/mol. The van der Waals surface area contributed by atoms with Gasteiger partial charge in [0.25, 0.3) is 0 Å². The van der Waals surface area contributed by atoms with Crippen molar-refractivity contribution in [3.63, 3.8) is 0 Å². The van der Waals surface area contributed by atoms with E-state index in [0.29, 0.717) is 11.2 Å². The average molecular weight is 496 g/mol. The lowest BCUT2D eigenvalue weighted by molar-refractivity contribution is 0.210. The van der Waals surface area contributed by atoms with Gasteiger partial charge >= 0.3 is 0 Å². The van der Waals surface area contributed by atoms with Gasteiger partial charge in [0.15, 0.2) is 5.11 Å². The summed E-state index contributed by atoms with van der Waals surface area (Å²) in [6, 6.07) is 22.6. The van der Waals surface area contributed by atoms with Crippen LogP contribution in [-0.4, -0.2) is 25.8 Å². The monoisotopic (exact) mass is 495 g/mol. The van der Waals surface area contributed by atoms with E-state index in [-0.39, 0.29) is 12.1 Å². The molecular weight excluding hydrogens is 466 g/mol. The summed E-state index contributed by atoms with van der Waals surface area (Å²) in [5.41, 5.74) is 4.30. The van der Waals surface area contributed by atoms with Crippen LogP contribution in [0.5, 0.6) is 5.75 Å². The number of anilines is 1. The molecule has 0 amide bonds. The minimum absolute atomic E-state index is 0.0688. The van der Waals surface area contributed by atoms with E-state index in [1.165, 1.54) is 12.8 Å². The van der Waals surface area contributed by atoms with Crippen LogP contribution in [0.4, 0.5) is 5.69 Å². The van der Waals surface area contributed by atoms with Crippen molar-refractivity contribution in [2.45, 2.75) is 50.4 Å². The van der Waals surface area contributed by atoms with Gasteiger partial charge in [0.2, 0.25) is 0 Å². The second-order valence-electron chi connectivity index (χ2n) is 9.44. The summed E-state index contributed by atoms with van der Waals surface area (Å²) in [4.78, 5) is 11.2. The number of benzene rings is 1. The van der Waals surface area contributed by atoms with Crippen LogP contribution >= 0.6 is 12.2 Å². The molecule has 1 saturated heterocycles. The Morgan fingerprint density at radius 3 is 2.56 bits per heavy atom. The molecule has 2 atom stereocenters. The number of pyridine rings is 2. The normalized spacial score (nSPS) is 20.0. The topological polar surface area (TPSA) is 55.2 Å². The minimum Gasteiger partial charge on any atom is -0.490 e. The SMILES string of the molecule is S=C1N[C@H](c2ccccn2)[C@@H](c2cccn2Cc2cccnc2)N1c1ccc(OC2CCCC2)cc1. The third-order valence-corrected chi connectivity index (χ3v) is 7.38. The number of aromatic nitrogens is 3. The van der Waals surface area contributed by atoms with E-state index in [0.717, 1.165) is 47.8 Å². The Labute approximate surface area is 217 Å².